The molecule has 3 heterocycles. The summed E-state index contributed by atoms with van der Waals surface area (Å²) in [5, 5.41) is 7.62. The van der Waals surface area contributed by atoms with Gasteiger partial charge >= 0.3 is 0 Å². The van der Waals surface area contributed by atoms with Gasteiger partial charge in [0.15, 0.2) is 0 Å². The van der Waals surface area contributed by atoms with Crippen molar-refractivity contribution >= 4 is 92.2 Å². The zero-order chi connectivity index (χ0) is 38.2. The van der Waals surface area contributed by atoms with Crippen LogP contribution in [0.15, 0.2) is 212 Å². The van der Waals surface area contributed by atoms with Crippen molar-refractivity contribution in [1.29, 1.82) is 0 Å². The fourth-order valence-electron chi connectivity index (χ4n) is 9.06. The molecule has 0 amide bonds. The summed E-state index contributed by atoms with van der Waals surface area (Å²) >= 11 is 1.86. The predicted octanol–water partition coefficient (Wildman–Crippen LogP) is 15.4. The van der Waals surface area contributed by atoms with Crippen molar-refractivity contribution in [2.75, 3.05) is 4.90 Å². The first-order valence-corrected chi connectivity index (χ1v) is 20.6. The van der Waals surface area contributed by atoms with Crippen LogP contribution in [-0.4, -0.2) is 9.13 Å². The third-order valence-corrected chi connectivity index (χ3v) is 12.8. The summed E-state index contributed by atoms with van der Waals surface area (Å²) in [7, 11) is 0. The number of thiophene rings is 1. The summed E-state index contributed by atoms with van der Waals surface area (Å²) in [6.07, 6.45) is 0. The number of anilines is 3. The molecule has 3 aromatic heterocycles. The molecule has 0 fully saturated rings. The monoisotopic (exact) mass is 757 g/mol. The number of para-hydroxylation sites is 4. The van der Waals surface area contributed by atoms with E-state index in [9.17, 15) is 0 Å². The molecule has 0 saturated heterocycles. The van der Waals surface area contributed by atoms with Crippen LogP contribution in [0.4, 0.5) is 17.1 Å². The topological polar surface area (TPSA) is 13.1 Å². The maximum absolute atomic E-state index is 2.41. The summed E-state index contributed by atoms with van der Waals surface area (Å²) in [4.78, 5) is 2.41. The second-order valence-electron chi connectivity index (χ2n) is 15.0. The average molecular weight is 758 g/mol. The molecule has 0 spiro atoms. The van der Waals surface area contributed by atoms with Crippen molar-refractivity contribution in [1.82, 2.24) is 9.13 Å². The quantitative estimate of drug-likeness (QED) is 0.165. The predicted molar refractivity (Wildman–Crippen MR) is 248 cm³/mol. The van der Waals surface area contributed by atoms with Gasteiger partial charge in [0, 0.05) is 70.2 Å². The Morgan fingerprint density at radius 1 is 0.293 bits per heavy atom. The number of fused-ring (bicyclic) bond motifs is 9. The molecule has 0 aliphatic carbocycles. The van der Waals surface area contributed by atoms with Crippen LogP contribution in [0.2, 0.25) is 0 Å². The summed E-state index contributed by atoms with van der Waals surface area (Å²) in [5.41, 5.74) is 12.9. The molecule has 0 aliphatic heterocycles. The molecule has 0 saturated carbocycles. The maximum Gasteiger partial charge on any atom is 0.0542 e. The minimum atomic E-state index is 1.11. The summed E-state index contributed by atoms with van der Waals surface area (Å²) in [6.45, 7) is 0. The van der Waals surface area contributed by atoms with Gasteiger partial charge in [0.1, 0.15) is 0 Å². The molecule has 0 radical (unpaired) electrons. The molecule has 0 unspecified atom stereocenters. The van der Waals surface area contributed by atoms with Crippen LogP contribution in [0.5, 0.6) is 0 Å². The smallest absolute Gasteiger partial charge is 0.0542 e. The largest absolute Gasteiger partial charge is 0.310 e. The number of benzene rings is 9. The lowest BCUT2D eigenvalue weighted by atomic mass is 10.0. The second kappa shape index (κ2) is 13.1. The first-order chi connectivity index (χ1) is 28.8. The lowest BCUT2D eigenvalue weighted by Gasteiger charge is -2.26. The first kappa shape index (κ1) is 32.8. The molecular formula is C54H35N3S. The van der Waals surface area contributed by atoms with E-state index in [1.807, 2.05) is 11.3 Å². The highest BCUT2D eigenvalue weighted by Crippen LogP contribution is 2.43. The number of rotatable bonds is 6. The van der Waals surface area contributed by atoms with Crippen molar-refractivity contribution in [3.8, 4) is 22.5 Å². The van der Waals surface area contributed by atoms with Crippen molar-refractivity contribution in [2.24, 2.45) is 0 Å². The summed E-state index contributed by atoms with van der Waals surface area (Å²) in [5.74, 6) is 0. The van der Waals surface area contributed by atoms with Gasteiger partial charge in [-0.3, -0.25) is 0 Å². The Morgan fingerprint density at radius 2 is 0.741 bits per heavy atom. The van der Waals surface area contributed by atoms with E-state index in [2.05, 4.69) is 226 Å². The molecule has 0 aliphatic rings. The number of aromatic nitrogens is 2. The molecule has 0 bridgehead atoms. The van der Waals surface area contributed by atoms with E-state index in [4.69, 9.17) is 0 Å². The van der Waals surface area contributed by atoms with Crippen LogP contribution >= 0.6 is 11.3 Å². The van der Waals surface area contributed by atoms with Gasteiger partial charge in [-0.25, -0.2) is 0 Å². The van der Waals surface area contributed by atoms with Crippen LogP contribution in [-0.2, 0) is 0 Å². The molecule has 0 N–H and O–H groups in total. The molecular weight excluding hydrogens is 723 g/mol. The summed E-state index contributed by atoms with van der Waals surface area (Å²) in [6, 6.07) is 77.4. The Balaban J connectivity index is 0.974. The third-order valence-electron chi connectivity index (χ3n) is 11.7. The fourth-order valence-corrected chi connectivity index (χ4v) is 10.2. The lowest BCUT2D eigenvalue weighted by Crippen LogP contribution is -2.09. The highest BCUT2D eigenvalue weighted by Gasteiger charge is 2.19. The Bertz CT molecular complexity index is 3440. The minimum Gasteiger partial charge on any atom is -0.310 e. The molecule has 12 rings (SSSR count). The Hall–Kier alpha value is -7.40. The molecule has 4 heteroatoms. The fraction of sp³-hybridized carbons (Fsp3) is 0. The molecule has 3 nitrogen and oxygen atoms in total. The van der Waals surface area contributed by atoms with Crippen molar-refractivity contribution < 1.29 is 0 Å². The molecule has 58 heavy (non-hydrogen) atoms. The molecule has 272 valence electrons. The maximum atomic E-state index is 2.41. The van der Waals surface area contributed by atoms with Gasteiger partial charge in [-0.1, -0.05) is 121 Å². The van der Waals surface area contributed by atoms with Crippen LogP contribution < -0.4 is 4.90 Å². The summed E-state index contributed by atoms with van der Waals surface area (Å²) < 4.78 is 7.34. The first-order valence-electron chi connectivity index (χ1n) is 19.8. The highest BCUT2D eigenvalue weighted by atomic mass is 32.1. The van der Waals surface area contributed by atoms with Crippen LogP contribution in [0.25, 0.3) is 86.3 Å². The van der Waals surface area contributed by atoms with E-state index in [1.165, 1.54) is 74.9 Å². The standard InChI is InChI=1S/C54H35N3S/c1-2-12-38(13-3-1)56-51-20-10-6-16-45(51)48-34-41(31-33-52(48)56)55(42-30-32-47-46-17-7-11-21-53(46)58-54(47)35-42)39-26-22-36(23-27-39)37-24-28-40(29-25-37)57-49-18-8-4-14-43(49)44-15-5-9-19-50(44)57/h1-35H. The van der Waals surface area contributed by atoms with Gasteiger partial charge in [0.2, 0.25) is 0 Å². The third kappa shape index (κ3) is 5.12. The zero-order valence-corrected chi connectivity index (χ0v) is 32.3. The minimum absolute atomic E-state index is 1.11. The number of nitrogens with zero attached hydrogens (tertiary/aromatic N) is 3. The number of hydrogen-bond donors (Lipinski definition) is 0. The SMILES string of the molecule is c1ccc(-n2c3ccccc3c3cc(N(c4ccc(-c5ccc(-n6c7ccccc7c7ccccc76)cc5)cc4)c4ccc5c(c4)sc4ccccc45)ccc32)cc1. The van der Waals surface area contributed by atoms with E-state index >= 15 is 0 Å². The zero-order valence-electron chi connectivity index (χ0n) is 31.5. The van der Waals surface area contributed by atoms with Gasteiger partial charge in [0.25, 0.3) is 0 Å². The normalized spacial score (nSPS) is 11.8. The second-order valence-corrected chi connectivity index (χ2v) is 16.1. The van der Waals surface area contributed by atoms with Gasteiger partial charge in [-0.15, -0.1) is 11.3 Å². The van der Waals surface area contributed by atoms with Crippen molar-refractivity contribution in [3.05, 3.63) is 212 Å². The Morgan fingerprint density at radius 3 is 1.40 bits per heavy atom. The number of hydrogen-bond acceptors (Lipinski definition) is 2. The van der Waals surface area contributed by atoms with Crippen molar-refractivity contribution in [2.45, 2.75) is 0 Å². The van der Waals surface area contributed by atoms with E-state index in [0.29, 0.717) is 0 Å². The van der Waals surface area contributed by atoms with E-state index < -0.39 is 0 Å². The van der Waals surface area contributed by atoms with E-state index in [1.54, 1.807) is 0 Å². The van der Waals surface area contributed by atoms with Crippen LogP contribution in [0.1, 0.15) is 0 Å². The van der Waals surface area contributed by atoms with Crippen LogP contribution in [0, 0.1) is 0 Å². The average Bonchev–Trinajstić information content (AvgIpc) is 3.95. The van der Waals surface area contributed by atoms with Crippen LogP contribution in [0.3, 0.4) is 0 Å². The Kier molecular flexibility index (Phi) is 7.40. The van der Waals surface area contributed by atoms with Gasteiger partial charge in [0.05, 0.1) is 22.1 Å². The molecule has 0 atom stereocenters. The molecule has 9 aromatic carbocycles. The highest BCUT2D eigenvalue weighted by molar-refractivity contribution is 7.25. The van der Waals surface area contributed by atoms with Gasteiger partial charge < -0.3 is 14.0 Å². The molecule has 12 aromatic rings. The lowest BCUT2D eigenvalue weighted by molar-refractivity contribution is 1.18. The van der Waals surface area contributed by atoms with E-state index in [0.717, 1.165) is 28.4 Å². The van der Waals surface area contributed by atoms with Gasteiger partial charge in [-0.2, -0.15) is 0 Å². The Labute approximate surface area is 339 Å². The van der Waals surface area contributed by atoms with Crippen molar-refractivity contribution in [3.63, 3.8) is 0 Å². The van der Waals surface area contributed by atoms with Gasteiger partial charge in [-0.05, 0) is 102 Å². The van der Waals surface area contributed by atoms with E-state index in [-0.39, 0.29) is 0 Å².